The first-order chi connectivity index (χ1) is 17.9. The summed E-state index contributed by atoms with van der Waals surface area (Å²) in [6.07, 6.45) is 1.76. The third-order valence-electron chi connectivity index (χ3n) is 6.14. The third kappa shape index (κ3) is 4.04. The van der Waals surface area contributed by atoms with E-state index in [0.717, 1.165) is 11.1 Å². The molecule has 0 spiro atoms. The smallest absolute Gasteiger partial charge is 0.412 e. The molecule has 6 rings (SSSR count). The van der Waals surface area contributed by atoms with Crippen molar-refractivity contribution in [3.05, 3.63) is 71.3 Å². The SMILES string of the molecule is Cc1ccccc1COC(=O)Nc1c(C#Cc2nc3oc(C4(C(=O)O)CC4)nc3o2)oc2ncccc12. The second kappa shape index (κ2) is 8.53. The highest BCUT2D eigenvalue weighted by molar-refractivity contribution is 5.99. The number of hydrogen-bond donors (Lipinski definition) is 2. The largest absolute Gasteiger partial charge is 0.480 e. The van der Waals surface area contributed by atoms with Crippen molar-refractivity contribution in [2.75, 3.05) is 5.32 Å². The van der Waals surface area contributed by atoms with E-state index in [1.165, 1.54) is 0 Å². The zero-order chi connectivity index (χ0) is 25.6. The predicted octanol–water partition coefficient (Wildman–Crippen LogP) is 4.53. The van der Waals surface area contributed by atoms with Gasteiger partial charge in [0.15, 0.2) is 0 Å². The van der Waals surface area contributed by atoms with E-state index in [9.17, 15) is 14.7 Å². The van der Waals surface area contributed by atoms with Crippen LogP contribution in [-0.4, -0.2) is 32.1 Å². The van der Waals surface area contributed by atoms with Gasteiger partial charge in [-0.25, -0.2) is 9.78 Å². The highest BCUT2D eigenvalue weighted by Crippen LogP contribution is 2.48. The maximum Gasteiger partial charge on any atom is 0.412 e. The number of amides is 1. The van der Waals surface area contributed by atoms with Crippen molar-refractivity contribution in [2.45, 2.75) is 31.8 Å². The van der Waals surface area contributed by atoms with Gasteiger partial charge in [0.2, 0.25) is 17.4 Å². The highest BCUT2D eigenvalue weighted by Gasteiger charge is 2.56. The predicted molar refractivity (Wildman–Crippen MR) is 128 cm³/mol. The van der Waals surface area contributed by atoms with Crippen LogP contribution in [0.2, 0.25) is 0 Å². The summed E-state index contributed by atoms with van der Waals surface area (Å²) in [5.41, 5.74) is 1.46. The number of nitrogens with one attached hydrogen (secondary N) is 1. The van der Waals surface area contributed by atoms with E-state index in [4.69, 9.17) is 18.0 Å². The van der Waals surface area contributed by atoms with Crippen LogP contribution in [0.5, 0.6) is 0 Å². The van der Waals surface area contributed by atoms with Crippen LogP contribution in [0.15, 0.2) is 55.8 Å². The summed E-state index contributed by atoms with van der Waals surface area (Å²) in [4.78, 5) is 36.5. The summed E-state index contributed by atoms with van der Waals surface area (Å²) in [5.74, 6) is 4.68. The highest BCUT2D eigenvalue weighted by atomic mass is 16.5. The van der Waals surface area contributed by atoms with Crippen molar-refractivity contribution >= 4 is 40.3 Å². The summed E-state index contributed by atoms with van der Waals surface area (Å²) >= 11 is 0. The zero-order valence-electron chi connectivity index (χ0n) is 19.4. The van der Waals surface area contributed by atoms with Gasteiger partial charge in [0, 0.05) is 12.1 Å². The van der Waals surface area contributed by atoms with Crippen molar-refractivity contribution in [3.63, 3.8) is 0 Å². The summed E-state index contributed by atoms with van der Waals surface area (Å²) < 4.78 is 22.1. The van der Waals surface area contributed by atoms with Crippen LogP contribution in [0, 0.1) is 18.8 Å². The summed E-state index contributed by atoms with van der Waals surface area (Å²) in [7, 11) is 0. The lowest BCUT2D eigenvalue weighted by atomic mass is 10.1. The van der Waals surface area contributed by atoms with E-state index in [1.54, 1.807) is 18.3 Å². The van der Waals surface area contributed by atoms with Crippen molar-refractivity contribution < 1.29 is 32.7 Å². The number of carboxylic acids is 1. The van der Waals surface area contributed by atoms with Gasteiger partial charge >= 0.3 is 12.1 Å². The first-order valence-electron chi connectivity index (χ1n) is 11.3. The lowest BCUT2D eigenvalue weighted by Gasteiger charge is -2.08. The lowest BCUT2D eigenvalue weighted by molar-refractivity contribution is -0.140. The van der Waals surface area contributed by atoms with Crippen LogP contribution >= 0.6 is 0 Å². The monoisotopic (exact) mass is 498 g/mol. The minimum absolute atomic E-state index is 0.0190. The number of aromatic nitrogens is 3. The van der Waals surface area contributed by atoms with E-state index in [0.29, 0.717) is 18.2 Å². The molecule has 1 aliphatic carbocycles. The molecule has 184 valence electrons. The molecule has 2 N–H and O–H groups in total. The molecule has 37 heavy (non-hydrogen) atoms. The number of carboxylic acid groups (broad SMARTS) is 1. The number of pyridine rings is 1. The van der Waals surface area contributed by atoms with Gasteiger partial charge in [-0.15, -0.1) is 0 Å². The fraction of sp³-hybridized carbons (Fsp3) is 0.192. The molecule has 0 radical (unpaired) electrons. The topological polar surface area (TPSA) is 154 Å². The fourth-order valence-electron chi connectivity index (χ4n) is 3.85. The number of carbonyl (C=O) groups excluding carboxylic acids is 1. The van der Waals surface area contributed by atoms with Crippen LogP contribution in [0.4, 0.5) is 10.5 Å². The Bertz CT molecular complexity index is 1720. The van der Waals surface area contributed by atoms with Crippen molar-refractivity contribution in [1.82, 2.24) is 15.0 Å². The number of benzene rings is 1. The minimum atomic E-state index is -1.11. The van der Waals surface area contributed by atoms with E-state index in [2.05, 4.69) is 32.1 Å². The first-order valence-corrected chi connectivity index (χ1v) is 11.3. The molecule has 0 unspecified atom stereocenters. The number of ether oxygens (including phenoxy) is 1. The van der Waals surface area contributed by atoms with Gasteiger partial charge in [-0.3, -0.25) is 10.1 Å². The molecule has 1 aromatic carbocycles. The first kappa shape index (κ1) is 22.4. The number of furan rings is 1. The number of nitrogens with zero attached hydrogens (tertiary/aromatic N) is 3. The molecule has 4 aromatic heterocycles. The Balaban J connectivity index is 1.25. The Hall–Kier alpha value is -5.11. The van der Waals surface area contributed by atoms with E-state index in [1.807, 2.05) is 31.2 Å². The lowest BCUT2D eigenvalue weighted by Crippen LogP contribution is -2.19. The number of carbonyl (C=O) groups is 2. The van der Waals surface area contributed by atoms with Gasteiger partial charge in [0.25, 0.3) is 17.3 Å². The van der Waals surface area contributed by atoms with Crippen molar-refractivity contribution in [2.24, 2.45) is 0 Å². The van der Waals surface area contributed by atoms with E-state index in [-0.39, 0.29) is 47.0 Å². The zero-order valence-corrected chi connectivity index (χ0v) is 19.4. The number of aliphatic carboxylic acids is 1. The standard InChI is InChI=1S/C26H18N4O7/c1-14-5-2-3-6-15(14)13-34-25(33)29-19-16-7-4-12-27-20(16)35-17(19)8-9-18-28-21-22(36-18)30-23(37-21)26(10-11-26)24(31)32/h2-7,12H,10-11,13H2,1H3,(H,29,33)(H,31,32). The second-order valence-corrected chi connectivity index (χ2v) is 8.58. The Morgan fingerprint density at radius 3 is 2.62 bits per heavy atom. The van der Waals surface area contributed by atoms with Crippen molar-refractivity contribution in [3.8, 4) is 11.8 Å². The summed E-state index contributed by atoms with van der Waals surface area (Å²) in [6, 6.07) is 11.0. The Morgan fingerprint density at radius 1 is 1.05 bits per heavy atom. The average Bonchev–Trinajstić information content (AvgIpc) is 3.32. The van der Waals surface area contributed by atoms with Gasteiger partial charge in [-0.05, 0) is 48.9 Å². The van der Waals surface area contributed by atoms with Gasteiger partial charge in [0.05, 0.1) is 5.39 Å². The molecule has 1 amide bonds. The fourth-order valence-corrected chi connectivity index (χ4v) is 3.85. The summed E-state index contributed by atoms with van der Waals surface area (Å²) in [6.45, 7) is 2.03. The number of fused-ring (bicyclic) bond motifs is 2. The van der Waals surface area contributed by atoms with Gasteiger partial charge in [-0.2, -0.15) is 9.97 Å². The molecule has 5 aromatic rings. The van der Waals surface area contributed by atoms with Crippen LogP contribution < -0.4 is 5.32 Å². The molecular formula is C26H18N4O7. The van der Waals surface area contributed by atoms with Crippen LogP contribution in [0.1, 0.15) is 41.5 Å². The molecule has 1 saturated carbocycles. The molecule has 0 bridgehead atoms. The molecule has 11 heteroatoms. The molecule has 0 saturated heterocycles. The third-order valence-corrected chi connectivity index (χ3v) is 6.14. The quantitative estimate of drug-likeness (QED) is 0.330. The number of oxazole rings is 2. The Morgan fingerprint density at radius 2 is 1.86 bits per heavy atom. The molecular weight excluding hydrogens is 480 g/mol. The van der Waals surface area contributed by atoms with Crippen molar-refractivity contribution in [1.29, 1.82) is 0 Å². The van der Waals surface area contributed by atoms with Gasteiger partial charge in [0.1, 0.15) is 17.7 Å². The van der Waals surface area contributed by atoms with Gasteiger partial charge in [-0.1, -0.05) is 24.3 Å². The number of anilines is 1. The van der Waals surface area contributed by atoms with Crippen LogP contribution in [0.3, 0.4) is 0 Å². The van der Waals surface area contributed by atoms with E-state index < -0.39 is 17.5 Å². The molecule has 0 aliphatic heterocycles. The van der Waals surface area contributed by atoms with Gasteiger partial charge < -0.3 is 23.1 Å². The minimum Gasteiger partial charge on any atom is -0.480 e. The number of rotatable bonds is 5. The normalized spacial score (nSPS) is 13.8. The van der Waals surface area contributed by atoms with Crippen LogP contribution in [0.25, 0.3) is 22.5 Å². The maximum absolute atomic E-state index is 12.6. The Kier molecular flexibility index (Phi) is 5.15. The maximum atomic E-state index is 12.6. The molecule has 11 nitrogen and oxygen atoms in total. The molecule has 0 atom stereocenters. The second-order valence-electron chi connectivity index (χ2n) is 8.58. The summed E-state index contributed by atoms with van der Waals surface area (Å²) in [5, 5.41) is 12.6. The molecule has 1 fully saturated rings. The number of aryl methyl sites for hydroxylation is 1. The Labute approximate surface area is 208 Å². The van der Waals surface area contributed by atoms with Crippen LogP contribution in [-0.2, 0) is 21.6 Å². The number of hydrogen-bond acceptors (Lipinski definition) is 9. The molecule has 4 heterocycles. The average molecular weight is 498 g/mol. The van der Waals surface area contributed by atoms with E-state index >= 15 is 0 Å². The molecule has 1 aliphatic rings.